The van der Waals surface area contributed by atoms with Crippen molar-refractivity contribution < 1.29 is 14.3 Å². The zero-order valence-electron chi connectivity index (χ0n) is 14.4. The molecular formula is C18H25N3O3. The molecule has 0 aromatic carbocycles. The Morgan fingerprint density at radius 2 is 2.08 bits per heavy atom. The van der Waals surface area contributed by atoms with E-state index in [-0.39, 0.29) is 17.9 Å². The number of nitrogens with one attached hydrogen (secondary N) is 1. The molecule has 130 valence electrons. The van der Waals surface area contributed by atoms with E-state index in [2.05, 4.69) is 10.3 Å². The number of rotatable bonds is 3. The summed E-state index contributed by atoms with van der Waals surface area (Å²) in [5, 5.41) is 3.04. The fourth-order valence-electron chi connectivity index (χ4n) is 3.47. The number of likely N-dealkylation sites (N-methyl/N-ethyl adjacent to an activating group) is 1. The Hall–Kier alpha value is -2.11. The fraction of sp³-hybridized carbons (Fsp3) is 0.611. The first-order valence-electron chi connectivity index (χ1n) is 8.83. The summed E-state index contributed by atoms with van der Waals surface area (Å²) in [6, 6.07) is 3.61. The minimum atomic E-state index is -1.54. The van der Waals surface area contributed by atoms with Gasteiger partial charge in [-0.2, -0.15) is 0 Å². The minimum absolute atomic E-state index is 0.124. The van der Waals surface area contributed by atoms with Gasteiger partial charge in [0.05, 0.1) is 0 Å². The maximum atomic E-state index is 12.9. The Balaban J connectivity index is 1.83. The second-order valence-electron chi connectivity index (χ2n) is 6.67. The van der Waals surface area contributed by atoms with Gasteiger partial charge in [0, 0.05) is 18.8 Å². The zero-order chi connectivity index (χ0) is 17.2. The second kappa shape index (κ2) is 6.79. The summed E-state index contributed by atoms with van der Waals surface area (Å²) < 4.78 is 5.83. The molecule has 0 saturated heterocycles. The number of carbonyl (C=O) groups is 2. The Morgan fingerprint density at radius 3 is 2.75 bits per heavy atom. The molecule has 0 radical (unpaired) electrons. The molecule has 1 atom stereocenters. The lowest BCUT2D eigenvalue weighted by Crippen LogP contribution is -2.63. The number of hydrogen-bond acceptors (Lipinski definition) is 4. The van der Waals surface area contributed by atoms with Gasteiger partial charge in [-0.15, -0.1) is 0 Å². The Labute approximate surface area is 142 Å². The third kappa shape index (κ3) is 2.97. The van der Waals surface area contributed by atoms with Gasteiger partial charge in [-0.25, -0.2) is 4.98 Å². The highest BCUT2D eigenvalue weighted by Crippen LogP contribution is 2.36. The van der Waals surface area contributed by atoms with Crippen LogP contribution in [0.15, 0.2) is 18.3 Å². The first-order chi connectivity index (χ1) is 11.6. The van der Waals surface area contributed by atoms with Crippen molar-refractivity contribution in [3.05, 3.63) is 18.3 Å². The topological polar surface area (TPSA) is 71.5 Å². The number of amides is 2. The molecule has 3 rings (SSSR count). The number of hydrogen-bond donors (Lipinski definition) is 1. The van der Waals surface area contributed by atoms with E-state index in [4.69, 9.17) is 4.74 Å². The van der Waals surface area contributed by atoms with E-state index in [9.17, 15) is 9.59 Å². The van der Waals surface area contributed by atoms with Gasteiger partial charge in [-0.05, 0) is 38.8 Å². The van der Waals surface area contributed by atoms with Gasteiger partial charge in [0.1, 0.15) is 0 Å². The molecule has 1 aromatic rings. The van der Waals surface area contributed by atoms with E-state index in [1.807, 2.05) is 6.92 Å². The number of pyridine rings is 1. The van der Waals surface area contributed by atoms with Crippen LogP contribution in [-0.2, 0) is 9.59 Å². The molecule has 0 bridgehead atoms. The molecule has 1 N–H and O–H groups in total. The molecule has 1 aliphatic heterocycles. The van der Waals surface area contributed by atoms with E-state index in [1.54, 1.807) is 25.3 Å². The molecule has 1 saturated carbocycles. The summed E-state index contributed by atoms with van der Waals surface area (Å²) in [5.74, 6) is 0.233. The average Bonchev–Trinajstić information content (AvgIpc) is 2.85. The number of fused-ring (bicyclic) bond motifs is 1. The summed E-state index contributed by atoms with van der Waals surface area (Å²) in [4.78, 5) is 31.5. The van der Waals surface area contributed by atoms with Gasteiger partial charge in [0.2, 0.25) is 0 Å². The summed E-state index contributed by atoms with van der Waals surface area (Å²) in [6.07, 6.45) is 8.20. The van der Waals surface area contributed by atoms with Gasteiger partial charge in [0.25, 0.3) is 17.4 Å². The van der Waals surface area contributed by atoms with Crippen LogP contribution in [-0.4, -0.2) is 35.0 Å². The summed E-state index contributed by atoms with van der Waals surface area (Å²) in [5.41, 5.74) is -1.54. The van der Waals surface area contributed by atoms with Crippen LogP contribution in [0.25, 0.3) is 0 Å². The van der Waals surface area contributed by atoms with Crippen molar-refractivity contribution in [2.75, 3.05) is 11.4 Å². The van der Waals surface area contributed by atoms with Gasteiger partial charge in [0.15, 0.2) is 11.6 Å². The van der Waals surface area contributed by atoms with E-state index < -0.39 is 5.60 Å². The van der Waals surface area contributed by atoms with Gasteiger partial charge in [-0.1, -0.05) is 25.7 Å². The van der Waals surface area contributed by atoms with Crippen LogP contribution in [0.1, 0.15) is 52.4 Å². The summed E-state index contributed by atoms with van der Waals surface area (Å²) in [7, 11) is 0. The quantitative estimate of drug-likeness (QED) is 0.682. The highest BCUT2D eigenvalue weighted by molar-refractivity contribution is 6.16. The van der Waals surface area contributed by atoms with Crippen molar-refractivity contribution in [2.45, 2.75) is 64.0 Å². The van der Waals surface area contributed by atoms with Gasteiger partial charge >= 0.3 is 0 Å². The molecule has 0 unspecified atom stereocenters. The maximum Gasteiger partial charge on any atom is 0.282 e. The standard InChI is InChI=1S/C18H25N3O3/c1-3-21-15-14(11-8-12-19-15)24-18(2,17(21)23)16(22)20-13-9-6-4-5-7-10-13/h8,11-13H,3-7,9-10H2,1-2H3,(H,20,22)/t18-/m0/s1. The highest BCUT2D eigenvalue weighted by atomic mass is 16.5. The average molecular weight is 331 g/mol. The van der Waals surface area contributed by atoms with Crippen LogP contribution in [0.5, 0.6) is 5.75 Å². The second-order valence-corrected chi connectivity index (χ2v) is 6.67. The highest BCUT2D eigenvalue weighted by Gasteiger charge is 2.51. The van der Waals surface area contributed by atoms with E-state index in [0.29, 0.717) is 18.1 Å². The minimum Gasteiger partial charge on any atom is -0.464 e. The summed E-state index contributed by atoms with van der Waals surface area (Å²) in [6.45, 7) is 3.86. The Kier molecular flexibility index (Phi) is 4.73. The summed E-state index contributed by atoms with van der Waals surface area (Å²) >= 11 is 0. The van der Waals surface area contributed by atoms with Crippen LogP contribution in [0.2, 0.25) is 0 Å². The van der Waals surface area contributed by atoms with Gasteiger partial charge < -0.3 is 10.1 Å². The van der Waals surface area contributed by atoms with Crippen LogP contribution in [0, 0.1) is 0 Å². The van der Waals surface area contributed by atoms with E-state index >= 15 is 0 Å². The normalized spacial score (nSPS) is 24.8. The first kappa shape index (κ1) is 16.7. The van der Waals surface area contributed by atoms with Crippen LogP contribution >= 0.6 is 0 Å². The molecule has 2 amide bonds. The molecule has 6 nitrogen and oxygen atoms in total. The van der Waals surface area contributed by atoms with Crippen molar-refractivity contribution in [2.24, 2.45) is 0 Å². The largest absolute Gasteiger partial charge is 0.464 e. The predicted molar refractivity (Wildman–Crippen MR) is 90.9 cm³/mol. The molecule has 1 fully saturated rings. The lowest BCUT2D eigenvalue weighted by molar-refractivity contribution is -0.149. The van der Waals surface area contributed by atoms with Gasteiger partial charge in [-0.3, -0.25) is 14.5 Å². The number of nitrogens with zero attached hydrogens (tertiary/aromatic N) is 2. The molecule has 2 heterocycles. The molecule has 2 aliphatic rings. The monoisotopic (exact) mass is 331 g/mol. The van der Waals surface area contributed by atoms with E-state index in [1.165, 1.54) is 17.7 Å². The molecule has 1 aliphatic carbocycles. The number of ether oxygens (including phenoxy) is 1. The third-order valence-corrected chi connectivity index (χ3v) is 4.91. The smallest absolute Gasteiger partial charge is 0.282 e. The SMILES string of the molecule is CCN1C(=O)[C@](C)(C(=O)NC2CCCCCC2)Oc2cccnc21. The van der Waals surface area contributed by atoms with Crippen molar-refractivity contribution in [3.8, 4) is 5.75 Å². The van der Waals surface area contributed by atoms with Crippen molar-refractivity contribution in [1.29, 1.82) is 0 Å². The van der Waals surface area contributed by atoms with Crippen LogP contribution in [0.3, 0.4) is 0 Å². The lowest BCUT2D eigenvalue weighted by Gasteiger charge is -2.38. The van der Waals surface area contributed by atoms with E-state index in [0.717, 1.165) is 25.7 Å². The van der Waals surface area contributed by atoms with Crippen molar-refractivity contribution in [1.82, 2.24) is 10.3 Å². The number of anilines is 1. The van der Waals surface area contributed by atoms with Crippen molar-refractivity contribution >= 4 is 17.6 Å². The third-order valence-electron chi connectivity index (χ3n) is 4.91. The van der Waals surface area contributed by atoms with Crippen molar-refractivity contribution in [3.63, 3.8) is 0 Å². The van der Waals surface area contributed by atoms with Crippen LogP contribution < -0.4 is 15.0 Å². The molecule has 1 aromatic heterocycles. The van der Waals surface area contributed by atoms with Crippen LogP contribution in [0.4, 0.5) is 5.82 Å². The first-order valence-corrected chi connectivity index (χ1v) is 8.83. The zero-order valence-corrected chi connectivity index (χ0v) is 14.4. The predicted octanol–water partition coefficient (Wildman–Crippen LogP) is 2.42. The maximum absolute atomic E-state index is 12.9. The fourth-order valence-corrected chi connectivity index (χ4v) is 3.47. The Morgan fingerprint density at radius 1 is 1.38 bits per heavy atom. The molecule has 24 heavy (non-hydrogen) atoms. The molecule has 6 heteroatoms. The number of aromatic nitrogens is 1. The molecule has 0 spiro atoms. The Bertz CT molecular complexity index is 626. The lowest BCUT2D eigenvalue weighted by atomic mass is 9.99. The molecular weight excluding hydrogens is 306 g/mol. The number of carbonyl (C=O) groups excluding carboxylic acids is 2.